The van der Waals surface area contributed by atoms with E-state index in [1.54, 1.807) is 0 Å². The van der Waals surface area contributed by atoms with Crippen LogP contribution < -0.4 is 15.8 Å². The highest BCUT2D eigenvalue weighted by Gasteiger charge is 2.22. The standard InChI is InChI=1S/C20H34N4O2.HI/c1-4-24-10-6-7-18(24)15-23-20(21)22-14-17-9-8-16(3)13-19(17)26-12-11-25-5-2;/h8-9,13,18H,4-7,10-12,14-15H2,1-3H3,(H3,21,22,23);1H. The van der Waals surface area contributed by atoms with Gasteiger partial charge in [0.05, 0.1) is 13.2 Å². The van der Waals surface area contributed by atoms with Gasteiger partial charge in [-0.05, 0) is 51.4 Å². The van der Waals surface area contributed by atoms with Crippen molar-refractivity contribution in [3.63, 3.8) is 0 Å². The molecule has 27 heavy (non-hydrogen) atoms. The number of halogens is 1. The normalized spacial score (nSPS) is 17.6. The van der Waals surface area contributed by atoms with Crippen LogP contribution in [0.5, 0.6) is 5.75 Å². The summed E-state index contributed by atoms with van der Waals surface area (Å²) < 4.78 is 11.2. The second kappa shape index (κ2) is 13.2. The number of nitrogens with two attached hydrogens (primary N) is 1. The zero-order valence-electron chi connectivity index (χ0n) is 16.9. The van der Waals surface area contributed by atoms with Gasteiger partial charge in [-0.25, -0.2) is 4.99 Å². The first-order chi connectivity index (χ1) is 12.6. The molecule has 1 aliphatic rings. The highest BCUT2D eigenvalue weighted by atomic mass is 127. The van der Waals surface area contributed by atoms with Crippen molar-refractivity contribution >= 4 is 29.9 Å². The van der Waals surface area contributed by atoms with E-state index in [0.717, 1.165) is 30.0 Å². The molecule has 1 aliphatic heterocycles. The third kappa shape index (κ3) is 8.23. The minimum atomic E-state index is 0. The average Bonchev–Trinajstić information content (AvgIpc) is 3.10. The Morgan fingerprint density at radius 2 is 2.15 bits per heavy atom. The number of aliphatic imine (C=N–C) groups is 1. The van der Waals surface area contributed by atoms with E-state index in [4.69, 9.17) is 15.2 Å². The van der Waals surface area contributed by atoms with Crippen LogP contribution in [0.25, 0.3) is 0 Å². The second-order valence-corrected chi connectivity index (χ2v) is 6.66. The van der Waals surface area contributed by atoms with Crippen molar-refractivity contribution in [2.75, 3.05) is 39.5 Å². The average molecular weight is 490 g/mol. The van der Waals surface area contributed by atoms with E-state index in [0.29, 0.717) is 38.4 Å². The summed E-state index contributed by atoms with van der Waals surface area (Å²) in [5.41, 5.74) is 8.26. The lowest BCUT2D eigenvalue weighted by Crippen LogP contribution is -2.42. The predicted molar refractivity (Wildman–Crippen MR) is 122 cm³/mol. The van der Waals surface area contributed by atoms with E-state index in [1.165, 1.54) is 19.4 Å². The van der Waals surface area contributed by atoms with Crippen molar-refractivity contribution < 1.29 is 9.47 Å². The van der Waals surface area contributed by atoms with Crippen LogP contribution in [-0.2, 0) is 11.3 Å². The van der Waals surface area contributed by atoms with Crippen LogP contribution in [0.15, 0.2) is 23.2 Å². The summed E-state index contributed by atoms with van der Waals surface area (Å²) in [4.78, 5) is 6.99. The Balaban J connectivity index is 0.00000364. The lowest BCUT2D eigenvalue weighted by atomic mass is 10.1. The number of benzene rings is 1. The van der Waals surface area contributed by atoms with Crippen LogP contribution in [0.4, 0.5) is 0 Å². The van der Waals surface area contributed by atoms with Gasteiger partial charge in [0.25, 0.3) is 0 Å². The molecule has 0 spiro atoms. The fourth-order valence-corrected chi connectivity index (χ4v) is 3.27. The van der Waals surface area contributed by atoms with E-state index in [-0.39, 0.29) is 24.0 Å². The van der Waals surface area contributed by atoms with Crippen LogP contribution in [0.1, 0.15) is 37.8 Å². The Hall–Kier alpha value is -1.06. The first kappa shape index (κ1) is 24.0. The molecule has 0 aliphatic carbocycles. The van der Waals surface area contributed by atoms with Gasteiger partial charge in [-0.1, -0.05) is 19.1 Å². The van der Waals surface area contributed by atoms with Crippen molar-refractivity contribution in [1.82, 2.24) is 10.2 Å². The molecular formula is C20H35IN4O2. The summed E-state index contributed by atoms with van der Waals surface area (Å²) in [5, 5.41) is 3.28. The molecule has 1 saturated heterocycles. The Kier molecular flexibility index (Phi) is 11.7. The quantitative estimate of drug-likeness (QED) is 0.229. The minimum absolute atomic E-state index is 0. The molecule has 1 heterocycles. The molecule has 1 aromatic rings. The Morgan fingerprint density at radius 3 is 2.89 bits per heavy atom. The zero-order chi connectivity index (χ0) is 18.8. The van der Waals surface area contributed by atoms with Gasteiger partial charge in [0.1, 0.15) is 12.4 Å². The zero-order valence-corrected chi connectivity index (χ0v) is 19.2. The summed E-state index contributed by atoms with van der Waals surface area (Å²) in [6.45, 7) is 11.7. The predicted octanol–water partition coefficient (Wildman–Crippen LogP) is 2.92. The number of rotatable bonds is 10. The minimum Gasteiger partial charge on any atom is -0.491 e. The SMILES string of the molecule is CCOCCOc1cc(C)ccc1CN=C(N)NCC1CCCN1CC.I. The lowest BCUT2D eigenvalue weighted by molar-refractivity contribution is 0.110. The maximum atomic E-state index is 6.07. The van der Waals surface area contributed by atoms with Gasteiger partial charge in [-0.15, -0.1) is 24.0 Å². The molecule has 1 fully saturated rings. The van der Waals surface area contributed by atoms with E-state index < -0.39 is 0 Å². The summed E-state index contributed by atoms with van der Waals surface area (Å²) in [6.07, 6.45) is 2.49. The van der Waals surface area contributed by atoms with Crippen LogP contribution in [-0.4, -0.2) is 56.4 Å². The van der Waals surface area contributed by atoms with Crippen LogP contribution in [0, 0.1) is 6.92 Å². The van der Waals surface area contributed by atoms with Crippen molar-refractivity contribution in [2.24, 2.45) is 10.7 Å². The molecular weight excluding hydrogens is 455 g/mol. The number of nitrogens with zero attached hydrogens (tertiary/aromatic N) is 2. The van der Waals surface area contributed by atoms with Crippen molar-refractivity contribution in [3.8, 4) is 5.75 Å². The van der Waals surface area contributed by atoms with E-state index in [9.17, 15) is 0 Å². The van der Waals surface area contributed by atoms with Gasteiger partial charge in [0.15, 0.2) is 5.96 Å². The van der Waals surface area contributed by atoms with Crippen molar-refractivity contribution in [1.29, 1.82) is 0 Å². The molecule has 0 aromatic heterocycles. The molecule has 1 aromatic carbocycles. The molecule has 2 rings (SSSR count). The van der Waals surface area contributed by atoms with Crippen LogP contribution in [0.3, 0.4) is 0 Å². The number of nitrogens with one attached hydrogen (secondary N) is 1. The number of hydrogen-bond donors (Lipinski definition) is 2. The van der Waals surface area contributed by atoms with E-state index in [2.05, 4.69) is 41.2 Å². The van der Waals surface area contributed by atoms with Gasteiger partial charge < -0.3 is 20.5 Å². The topological polar surface area (TPSA) is 72.1 Å². The fourth-order valence-electron chi connectivity index (χ4n) is 3.27. The second-order valence-electron chi connectivity index (χ2n) is 6.66. The van der Waals surface area contributed by atoms with Crippen molar-refractivity contribution in [3.05, 3.63) is 29.3 Å². The summed E-state index contributed by atoms with van der Waals surface area (Å²) in [6, 6.07) is 6.72. The van der Waals surface area contributed by atoms with Crippen LogP contribution >= 0.6 is 24.0 Å². The Morgan fingerprint density at radius 1 is 1.33 bits per heavy atom. The summed E-state index contributed by atoms with van der Waals surface area (Å²) >= 11 is 0. The van der Waals surface area contributed by atoms with Gasteiger partial charge in [0, 0.05) is 24.8 Å². The molecule has 0 radical (unpaired) electrons. The smallest absolute Gasteiger partial charge is 0.188 e. The molecule has 1 unspecified atom stereocenters. The van der Waals surface area contributed by atoms with Gasteiger partial charge in [-0.2, -0.15) is 0 Å². The highest BCUT2D eigenvalue weighted by Crippen LogP contribution is 2.21. The molecule has 3 N–H and O–H groups in total. The third-order valence-corrected chi connectivity index (χ3v) is 4.76. The molecule has 0 bridgehead atoms. The number of ether oxygens (including phenoxy) is 2. The van der Waals surface area contributed by atoms with E-state index >= 15 is 0 Å². The van der Waals surface area contributed by atoms with E-state index in [1.807, 2.05) is 13.0 Å². The Bertz CT molecular complexity index is 583. The lowest BCUT2D eigenvalue weighted by Gasteiger charge is -2.23. The molecule has 6 nitrogen and oxygen atoms in total. The molecule has 1 atom stereocenters. The maximum absolute atomic E-state index is 6.07. The fraction of sp³-hybridized carbons (Fsp3) is 0.650. The maximum Gasteiger partial charge on any atom is 0.188 e. The largest absolute Gasteiger partial charge is 0.491 e. The number of likely N-dealkylation sites (tertiary alicyclic amines) is 1. The van der Waals surface area contributed by atoms with Gasteiger partial charge in [0.2, 0.25) is 0 Å². The number of aryl methyl sites for hydroxylation is 1. The number of hydrogen-bond acceptors (Lipinski definition) is 4. The molecule has 0 saturated carbocycles. The number of likely N-dealkylation sites (N-methyl/N-ethyl adjacent to an activating group) is 1. The van der Waals surface area contributed by atoms with Gasteiger partial charge in [-0.3, -0.25) is 4.90 Å². The molecule has 154 valence electrons. The highest BCUT2D eigenvalue weighted by molar-refractivity contribution is 14.0. The molecule has 7 heteroatoms. The monoisotopic (exact) mass is 490 g/mol. The Labute approximate surface area is 180 Å². The number of guanidine groups is 1. The van der Waals surface area contributed by atoms with Gasteiger partial charge >= 0.3 is 0 Å². The van der Waals surface area contributed by atoms with Crippen molar-refractivity contribution in [2.45, 2.75) is 46.2 Å². The first-order valence-corrected chi connectivity index (χ1v) is 9.72. The summed E-state index contributed by atoms with van der Waals surface area (Å²) in [5.74, 6) is 1.35. The third-order valence-electron chi connectivity index (χ3n) is 4.76. The summed E-state index contributed by atoms with van der Waals surface area (Å²) in [7, 11) is 0. The molecule has 0 amide bonds. The first-order valence-electron chi connectivity index (χ1n) is 9.72. The van der Waals surface area contributed by atoms with Crippen LogP contribution in [0.2, 0.25) is 0 Å².